The van der Waals surface area contributed by atoms with Gasteiger partial charge in [-0.3, -0.25) is 4.98 Å². The molecule has 0 atom stereocenters. The Morgan fingerprint density at radius 2 is 2.00 bits per heavy atom. The molecule has 0 saturated heterocycles. The van der Waals surface area contributed by atoms with Gasteiger partial charge in [0.1, 0.15) is 0 Å². The maximum atomic E-state index is 12.7. The Morgan fingerprint density at radius 3 is 2.61 bits per heavy atom. The summed E-state index contributed by atoms with van der Waals surface area (Å²) in [6, 6.07) is 2.10. The highest BCUT2D eigenvalue weighted by molar-refractivity contribution is 7.98. The number of halogens is 5. The van der Waals surface area contributed by atoms with Gasteiger partial charge in [0.15, 0.2) is 10.9 Å². The molecule has 0 aliphatic carbocycles. The number of aryl methyl sites for hydroxylation is 1. The summed E-state index contributed by atoms with van der Waals surface area (Å²) in [6.45, 7) is 1.90. The zero-order chi connectivity index (χ0) is 16.3. The molecule has 1 N–H and O–H groups in total. The molecule has 2 aromatic rings. The van der Waals surface area contributed by atoms with E-state index in [1.54, 1.807) is 12.3 Å². The maximum Gasteiger partial charge on any atom is 0.433 e. The lowest BCUT2D eigenvalue weighted by atomic mass is 10.2. The Hall–Kier alpha value is -1.25. The lowest BCUT2D eigenvalue weighted by Crippen LogP contribution is -2.09. The van der Waals surface area contributed by atoms with Crippen LogP contribution in [0.2, 0.25) is 5.02 Å². The average Bonchev–Trinajstić information content (AvgIpc) is 2.44. The lowest BCUT2D eigenvalue weighted by molar-refractivity contribution is -0.141. The number of hydrogen-bond acceptors (Lipinski definition) is 5. The molecule has 4 nitrogen and oxygen atoms in total. The first-order valence-electron chi connectivity index (χ1n) is 6.21. The minimum absolute atomic E-state index is 0. The van der Waals surface area contributed by atoms with E-state index < -0.39 is 17.8 Å². The number of hydrogen-bond donors (Lipinski definition) is 1. The molecule has 2 aromatic heterocycles. The minimum atomic E-state index is -4.64. The second-order valence-electron chi connectivity index (χ2n) is 4.25. The fourth-order valence-electron chi connectivity index (χ4n) is 1.73. The molecule has 0 bridgehead atoms. The van der Waals surface area contributed by atoms with Crippen LogP contribution in [-0.2, 0) is 18.3 Å². The number of nitrogens with zero attached hydrogens (tertiary/aromatic N) is 3. The van der Waals surface area contributed by atoms with E-state index in [1.165, 1.54) is 0 Å². The van der Waals surface area contributed by atoms with Crippen LogP contribution in [0.1, 0.15) is 23.9 Å². The predicted octanol–water partition coefficient (Wildman–Crippen LogP) is 4.53. The van der Waals surface area contributed by atoms with Crippen molar-refractivity contribution in [2.24, 2.45) is 0 Å². The summed E-state index contributed by atoms with van der Waals surface area (Å²) in [5, 5.41) is 9.62. The second kappa shape index (κ2) is 8.03. The highest BCUT2D eigenvalue weighted by atomic mass is 35.5. The van der Waals surface area contributed by atoms with E-state index in [4.69, 9.17) is 11.6 Å². The summed E-state index contributed by atoms with van der Waals surface area (Å²) in [5.41, 5.74) is 0.295. The minimum Gasteiger partial charge on any atom is -0.493 e. The van der Waals surface area contributed by atoms with E-state index in [9.17, 15) is 18.3 Å². The zero-order valence-corrected chi connectivity index (χ0v) is 14.2. The topological polar surface area (TPSA) is 58.9 Å². The van der Waals surface area contributed by atoms with Gasteiger partial charge in [-0.05, 0) is 12.5 Å². The van der Waals surface area contributed by atoms with Gasteiger partial charge in [-0.25, -0.2) is 4.98 Å². The quantitative estimate of drug-likeness (QED) is 0.618. The number of pyridine rings is 1. The zero-order valence-electron chi connectivity index (χ0n) is 11.8. The Kier molecular flexibility index (Phi) is 6.91. The van der Waals surface area contributed by atoms with E-state index in [1.807, 2.05) is 6.92 Å². The molecular weight excluding hydrogens is 374 g/mol. The third kappa shape index (κ3) is 5.12. The van der Waals surface area contributed by atoms with Gasteiger partial charge in [0.05, 0.1) is 0 Å². The number of alkyl halides is 3. The van der Waals surface area contributed by atoms with Gasteiger partial charge < -0.3 is 5.11 Å². The summed E-state index contributed by atoms with van der Waals surface area (Å²) in [4.78, 5) is 11.2. The first kappa shape index (κ1) is 19.8. The first-order valence-corrected chi connectivity index (χ1v) is 7.58. The number of rotatable bonds is 4. The fourth-order valence-corrected chi connectivity index (χ4v) is 2.95. The van der Waals surface area contributed by atoms with Crippen LogP contribution in [0.15, 0.2) is 23.5 Å². The molecule has 0 fully saturated rings. The van der Waals surface area contributed by atoms with Crippen molar-refractivity contribution in [1.82, 2.24) is 15.0 Å². The van der Waals surface area contributed by atoms with Gasteiger partial charge in [-0.2, -0.15) is 18.2 Å². The molecule has 0 aliphatic rings. The molecule has 0 amide bonds. The monoisotopic (exact) mass is 385 g/mol. The normalized spacial score (nSPS) is 11.2. The fraction of sp³-hybridized carbons (Fsp3) is 0.308. The summed E-state index contributed by atoms with van der Waals surface area (Å²) < 4.78 is 38.0. The van der Waals surface area contributed by atoms with Crippen LogP contribution in [-0.4, -0.2) is 20.1 Å². The van der Waals surface area contributed by atoms with Crippen molar-refractivity contribution >= 4 is 35.8 Å². The summed E-state index contributed by atoms with van der Waals surface area (Å²) in [6.07, 6.45) is -2.43. The molecule has 126 valence electrons. The Morgan fingerprint density at radius 1 is 1.30 bits per heavy atom. The van der Waals surface area contributed by atoms with Crippen molar-refractivity contribution in [3.63, 3.8) is 0 Å². The van der Waals surface area contributed by atoms with Crippen LogP contribution in [0.25, 0.3) is 0 Å². The summed E-state index contributed by atoms with van der Waals surface area (Å²) in [7, 11) is 0. The van der Waals surface area contributed by atoms with E-state index in [0.717, 1.165) is 23.0 Å². The number of aromatic nitrogens is 3. The van der Waals surface area contributed by atoms with Crippen molar-refractivity contribution in [2.45, 2.75) is 30.4 Å². The van der Waals surface area contributed by atoms with Crippen molar-refractivity contribution in [3.8, 4) is 5.88 Å². The molecule has 0 spiro atoms. The van der Waals surface area contributed by atoms with Gasteiger partial charge >= 0.3 is 6.18 Å². The van der Waals surface area contributed by atoms with E-state index in [0.29, 0.717) is 17.5 Å². The van der Waals surface area contributed by atoms with Gasteiger partial charge in [-0.15, -0.1) is 12.4 Å². The standard InChI is InChI=1S/C13H11ClF3N3OS.ClH/c1-2-9-7(8(14)3-4-18-9)6-22-12-19-10(13(15,16)17)5-11(21)20-12;/h3-5H,2,6H2,1H3,(H,19,20,21);1H. The van der Waals surface area contributed by atoms with Crippen LogP contribution in [0.5, 0.6) is 5.88 Å². The van der Waals surface area contributed by atoms with Crippen LogP contribution in [0.3, 0.4) is 0 Å². The predicted molar refractivity (Wildman–Crippen MR) is 84.1 cm³/mol. The number of aromatic hydroxyl groups is 1. The van der Waals surface area contributed by atoms with E-state index in [-0.39, 0.29) is 23.3 Å². The van der Waals surface area contributed by atoms with Crippen molar-refractivity contribution < 1.29 is 18.3 Å². The molecule has 23 heavy (non-hydrogen) atoms. The SMILES string of the molecule is CCc1nccc(Cl)c1CSc1nc(O)cc(C(F)(F)F)n1.Cl. The van der Waals surface area contributed by atoms with Crippen LogP contribution < -0.4 is 0 Å². The molecule has 0 unspecified atom stereocenters. The van der Waals surface area contributed by atoms with E-state index in [2.05, 4.69) is 15.0 Å². The molecule has 0 aliphatic heterocycles. The van der Waals surface area contributed by atoms with Gasteiger partial charge in [0, 0.05) is 34.3 Å². The van der Waals surface area contributed by atoms with Crippen molar-refractivity contribution in [1.29, 1.82) is 0 Å². The molecule has 0 aromatic carbocycles. The summed E-state index contributed by atoms with van der Waals surface area (Å²) >= 11 is 7.04. The van der Waals surface area contributed by atoms with Crippen molar-refractivity contribution in [3.05, 3.63) is 40.3 Å². The number of thioether (sulfide) groups is 1. The first-order chi connectivity index (χ1) is 10.3. The highest BCUT2D eigenvalue weighted by Crippen LogP contribution is 2.32. The Labute approximate surface area is 145 Å². The molecule has 0 radical (unpaired) electrons. The largest absolute Gasteiger partial charge is 0.493 e. The third-order valence-corrected chi connectivity index (χ3v) is 3.98. The van der Waals surface area contributed by atoms with Gasteiger partial charge in [-0.1, -0.05) is 30.3 Å². The van der Waals surface area contributed by atoms with Crippen LogP contribution >= 0.6 is 35.8 Å². The highest BCUT2D eigenvalue weighted by Gasteiger charge is 2.33. The molecule has 2 heterocycles. The Balaban J connectivity index is 0.00000264. The third-order valence-electron chi connectivity index (χ3n) is 2.75. The van der Waals surface area contributed by atoms with E-state index >= 15 is 0 Å². The van der Waals surface area contributed by atoms with Crippen LogP contribution in [0, 0.1) is 0 Å². The molecule has 2 rings (SSSR count). The molecular formula is C13H12Cl2F3N3OS. The lowest BCUT2D eigenvalue weighted by Gasteiger charge is -2.10. The molecule has 0 saturated carbocycles. The summed E-state index contributed by atoms with van der Waals surface area (Å²) in [5.74, 6) is -0.464. The maximum absolute atomic E-state index is 12.7. The smallest absolute Gasteiger partial charge is 0.433 e. The molecule has 10 heteroatoms. The van der Waals surface area contributed by atoms with Gasteiger partial charge in [0.25, 0.3) is 0 Å². The van der Waals surface area contributed by atoms with Crippen molar-refractivity contribution in [2.75, 3.05) is 0 Å². The van der Waals surface area contributed by atoms with Gasteiger partial charge in [0.2, 0.25) is 5.88 Å². The second-order valence-corrected chi connectivity index (χ2v) is 5.60. The Bertz CT molecular complexity index is 686. The van der Waals surface area contributed by atoms with Crippen LogP contribution in [0.4, 0.5) is 13.2 Å². The average molecular weight is 386 g/mol.